The van der Waals surface area contributed by atoms with E-state index in [2.05, 4.69) is 75.4 Å². The van der Waals surface area contributed by atoms with Crippen molar-refractivity contribution in [3.8, 4) is 11.4 Å². The third-order valence-electron chi connectivity index (χ3n) is 6.15. The Kier molecular flexibility index (Phi) is 5.84. The number of pyridine rings is 1. The summed E-state index contributed by atoms with van der Waals surface area (Å²) in [6.07, 6.45) is 4.90. The van der Waals surface area contributed by atoms with Crippen LogP contribution in [0.15, 0.2) is 91.3 Å². The largest absolute Gasteiger partial charge is 0.495 e. The summed E-state index contributed by atoms with van der Waals surface area (Å²) in [7, 11) is 1.70. The number of anilines is 1. The molecule has 2 aromatic carbocycles. The Morgan fingerprint density at radius 3 is 2.48 bits per heavy atom. The van der Waals surface area contributed by atoms with E-state index in [0.717, 1.165) is 34.9 Å². The van der Waals surface area contributed by atoms with Crippen LogP contribution in [-0.4, -0.2) is 21.8 Å². The number of methoxy groups -OCH3 is 1. The van der Waals surface area contributed by atoms with Crippen LogP contribution in [0.2, 0.25) is 0 Å². The van der Waals surface area contributed by atoms with E-state index in [1.165, 1.54) is 5.56 Å². The molecule has 0 unspecified atom stereocenters. The number of aryl methyl sites for hydroxylation is 1. The number of ether oxygens (including phenoxy) is 1. The molecule has 0 amide bonds. The van der Waals surface area contributed by atoms with Gasteiger partial charge in [0.1, 0.15) is 11.8 Å². The van der Waals surface area contributed by atoms with Crippen molar-refractivity contribution in [1.29, 1.82) is 0 Å². The van der Waals surface area contributed by atoms with E-state index in [1.807, 2.05) is 42.6 Å². The fraction of sp³-hybridized carbons (Fsp3) is 0.185. The molecular weight excluding hydrogens is 428 g/mol. The zero-order valence-electron chi connectivity index (χ0n) is 18.7. The monoisotopic (exact) mass is 454 g/mol. The molecule has 1 N–H and O–H groups in total. The molecule has 1 aliphatic heterocycles. The van der Waals surface area contributed by atoms with E-state index in [-0.39, 0.29) is 12.1 Å². The molecule has 0 saturated carbocycles. The molecule has 2 aromatic heterocycles. The second-order valence-electron chi connectivity index (χ2n) is 7.99. The summed E-state index contributed by atoms with van der Waals surface area (Å²) in [6, 6.07) is 26.7. The third kappa shape index (κ3) is 3.87. The van der Waals surface area contributed by atoms with Crippen molar-refractivity contribution in [2.45, 2.75) is 25.4 Å². The average molecular weight is 455 g/mol. The molecular formula is C27H26N4OS. The Labute approximate surface area is 199 Å². The van der Waals surface area contributed by atoms with Gasteiger partial charge in [0.15, 0.2) is 5.11 Å². The number of para-hydroxylation sites is 2. The summed E-state index contributed by atoms with van der Waals surface area (Å²) in [6.45, 7) is 2.16. The van der Waals surface area contributed by atoms with Crippen molar-refractivity contribution in [3.05, 3.63) is 108 Å². The molecule has 5 nitrogen and oxygen atoms in total. The quantitative estimate of drug-likeness (QED) is 0.383. The SMILES string of the molecule is CCc1ccc(N2C(=S)N[C@H](c3ccccn3)[C@@H]2c2cccn2-c2ccccc2OC)cc1. The predicted octanol–water partition coefficient (Wildman–Crippen LogP) is 5.62. The lowest BCUT2D eigenvalue weighted by atomic mass is 10.0. The van der Waals surface area contributed by atoms with Crippen LogP contribution in [0.3, 0.4) is 0 Å². The molecule has 0 bridgehead atoms. The molecule has 6 heteroatoms. The van der Waals surface area contributed by atoms with Gasteiger partial charge in [0.25, 0.3) is 0 Å². The van der Waals surface area contributed by atoms with Crippen LogP contribution < -0.4 is 15.0 Å². The molecule has 2 atom stereocenters. The van der Waals surface area contributed by atoms with Gasteiger partial charge >= 0.3 is 0 Å². The van der Waals surface area contributed by atoms with E-state index in [9.17, 15) is 0 Å². The maximum absolute atomic E-state index is 5.87. The van der Waals surface area contributed by atoms with Gasteiger partial charge in [0, 0.05) is 23.8 Å². The van der Waals surface area contributed by atoms with Gasteiger partial charge in [-0.15, -0.1) is 0 Å². The maximum atomic E-state index is 5.87. The lowest BCUT2D eigenvalue weighted by Crippen LogP contribution is -2.30. The number of benzene rings is 2. The second kappa shape index (κ2) is 9.08. The highest BCUT2D eigenvalue weighted by Crippen LogP contribution is 2.42. The minimum atomic E-state index is -0.104. The van der Waals surface area contributed by atoms with Crippen molar-refractivity contribution >= 4 is 23.0 Å². The summed E-state index contributed by atoms with van der Waals surface area (Å²) in [4.78, 5) is 6.87. The van der Waals surface area contributed by atoms with Gasteiger partial charge in [0.2, 0.25) is 0 Å². The first-order valence-corrected chi connectivity index (χ1v) is 11.5. The van der Waals surface area contributed by atoms with Gasteiger partial charge < -0.3 is 19.5 Å². The van der Waals surface area contributed by atoms with Gasteiger partial charge in [-0.1, -0.05) is 37.3 Å². The highest BCUT2D eigenvalue weighted by atomic mass is 32.1. The van der Waals surface area contributed by atoms with E-state index < -0.39 is 0 Å². The molecule has 0 aliphatic carbocycles. The van der Waals surface area contributed by atoms with E-state index in [0.29, 0.717) is 5.11 Å². The topological polar surface area (TPSA) is 42.3 Å². The van der Waals surface area contributed by atoms with Crippen molar-refractivity contribution in [2.75, 3.05) is 12.0 Å². The smallest absolute Gasteiger partial charge is 0.174 e. The Morgan fingerprint density at radius 1 is 0.970 bits per heavy atom. The molecule has 166 valence electrons. The second-order valence-corrected chi connectivity index (χ2v) is 8.38. The van der Waals surface area contributed by atoms with Crippen molar-refractivity contribution in [2.24, 2.45) is 0 Å². The predicted molar refractivity (Wildman–Crippen MR) is 136 cm³/mol. The zero-order chi connectivity index (χ0) is 22.8. The van der Waals surface area contributed by atoms with Crippen LogP contribution in [-0.2, 0) is 6.42 Å². The van der Waals surface area contributed by atoms with E-state index in [1.54, 1.807) is 7.11 Å². The van der Waals surface area contributed by atoms with Crippen LogP contribution in [0.4, 0.5) is 5.69 Å². The van der Waals surface area contributed by atoms with Gasteiger partial charge in [-0.3, -0.25) is 4.98 Å². The number of thiocarbonyl (C=S) groups is 1. The third-order valence-corrected chi connectivity index (χ3v) is 6.46. The van der Waals surface area contributed by atoms with Crippen LogP contribution in [0.5, 0.6) is 5.75 Å². The minimum Gasteiger partial charge on any atom is -0.495 e. The van der Waals surface area contributed by atoms with Gasteiger partial charge in [-0.25, -0.2) is 0 Å². The fourth-order valence-corrected chi connectivity index (χ4v) is 4.85. The number of nitrogens with one attached hydrogen (secondary N) is 1. The highest BCUT2D eigenvalue weighted by molar-refractivity contribution is 7.80. The summed E-state index contributed by atoms with van der Waals surface area (Å²) >= 11 is 5.87. The molecule has 1 fully saturated rings. The summed E-state index contributed by atoms with van der Waals surface area (Å²) in [5.41, 5.74) is 5.39. The van der Waals surface area contributed by atoms with Crippen molar-refractivity contribution in [3.63, 3.8) is 0 Å². The van der Waals surface area contributed by atoms with Crippen molar-refractivity contribution in [1.82, 2.24) is 14.9 Å². The van der Waals surface area contributed by atoms with Gasteiger partial charge in [-0.2, -0.15) is 0 Å². The van der Waals surface area contributed by atoms with Crippen LogP contribution in [0.1, 0.15) is 36.0 Å². The fourth-order valence-electron chi connectivity index (χ4n) is 4.51. The molecule has 5 rings (SSSR count). The molecule has 0 radical (unpaired) electrons. The molecule has 0 spiro atoms. The van der Waals surface area contributed by atoms with Crippen LogP contribution in [0, 0.1) is 0 Å². The summed E-state index contributed by atoms with van der Waals surface area (Å²) in [5.74, 6) is 0.816. The highest BCUT2D eigenvalue weighted by Gasteiger charge is 2.42. The first kappa shape index (κ1) is 21.2. The number of rotatable bonds is 6. The summed E-state index contributed by atoms with van der Waals surface area (Å²) < 4.78 is 7.85. The number of aromatic nitrogens is 2. The van der Waals surface area contributed by atoms with Gasteiger partial charge in [-0.05, 0) is 72.7 Å². The molecule has 4 aromatic rings. The zero-order valence-corrected chi connectivity index (χ0v) is 19.5. The van der Waals surface area contributed by atoms with Crippen LogP contribution >= 0.6 is 12.2 Å². The van der Waals surface area contributed by atoms with Crippen molar-refractivity contribution < 1.29 is 4.74 Å². The minimum absolute atomic E-state index is 0.0974. The Bertz CT molecular complexity index is 1250. The Balaban J connectivity index is 1.66. The number of hydrogen-bond donors (Lipinski definition) is 1. The number of hydrogen-bond acceptors (Lipinski definition) is 3. The number of nitrogens with zero attached hydrogens (tertiary/aromatic N) is 3. The first-order chi connectivity index (χ1) is 16.2. The lowest BCUT2D eigenvalue weighted by Gasteiger charge is -2.29. The van der Waals surface area contributed by atoms with E-state index >= 15 is 0 Å². The molecule has 33 heavy (non-hydrogen) atoms. The maximum Gasteiger partial charge on any atom is 0.174 e. The van der Waals surface area contributed by atoms with E-state index in [4.69, 9.17) is 17.0 Å². The Hall–Kier alpha value is -3.64. The Morgan fingerprint density at radius 2 is 1.76 bits per heavy atom. The molecule has 3 heterocycles. The lowest BCUT2D eigenvalue weighted by molar-refractivity contribution is 0.412. The van der Waals surface area contributed by atoms with Crippen LogP contribution in [0.25, 0.3) is 5.69 Å². The molecule has 1 saturated heterocycles. The summed E-state index contributed by atoms with van der Waals surface area (Å²) in [5, 5.41) is 4.23. The average Bonchev–Trinajstić information content (AvgIpc) is 3.48. The first-order valence-electron chi connectivity index (χ1n) is 11.1. The molecule has 1 aliphatic rings. The standard InChI is InChI=1S/C27H26N4OS/c1-3-19-13-15-20(16-14-19)31-26(25(29-27(31)33)21-9-6-7-17-28-21)23-11-8-18-30(23)22-10-4-5-12-24(22)32-2/h4-18,25-26H,3H2,1-2H3,(H,29,33)/t25-,26+/m1/s1. The van der Waals surface area contributed by atoms with Gasteiger partial charge in [0.05, 0.1) is 24.5 Å². The normalized spacial score (nSPS) is 17.8.